The molecule has 3 aromatic rings. The summed E-state index contributed by atoms with van der Waals surface area (Å²) in [5, 5.41) is 12.4. The second kappa shape index (κ2) is 7.59. The fourth-order valence-electron chi connectivity index (χ4n) is 3.04. The number of carbonyl (C=O) groups excluding carboxylic acids is 1. The number of rotatable bonds is 6. The molecule has 0 fully saturated rings. The minimum absolute atomic E-state index is 0.0763. The number of hydrogen-bond donors (Lipinski definition) is 4. The molecule has 4 N–H and O–H groups in total. The summed E-state index contributed by atoms with van der Waals surface area (Å²) >= 11 is 0. The van der Waals surface area contributed by atoms with E-state index >= 15 is 0 Å². The number of aromatic carboxylic acids is 1. The Morgan fingerprint density at radius 3 is 2.41 bits per heavy atom. The van der Waals surface area contributed by atoms with Crippen LogP contribution < -0.4 is 10.0 Å². The van der Waals surface area contributed by atoms with E-state index in [0.717, 1.165) is 0 Å². The van der Waals surface area contributed by atoms with Crippen LogP contribution in [0.4, 0.5) is 5.69 Å². The second-order valence-corrected chi connectivity index (χ2v) is 8.53. The summed E-state index contributed by atoms with van der Waals surface area (Å²) in [5.41, 5.74) is 1.76. The van der Waals surface area contributed by atoms with Gasteiger partial charge in [-0.15, -0.1) is 0 Å². The van der Waals surface area contributed by atoms with Gasteiger partial charge in [0.25, 0.3) is 15.9 Å². The Hall–Kier alpha value is -3.33. The van der Waals surface area contributed by atoms with Crippen molar-refractivity contribution in [2.45, 2.75) is 24.7 Å². The lowest BCUT2D eigenvalue weighted by Gasteiger charge is -2.15. The van der Waals surface area contributed by atoms with Gasteiger partial charge >= 0.3 is 5.97 Å². The summed E-state index contributed by atoms with van der Waals surface area (Å²) in [6.45, 7) is 3.67. The van der Waals surface area contributed by atoms with Crippen LogP contribution in [0, 0.1) is 0 Å². The van der Waals surface area contributed by atoms with E-state index in [0.29, 0.717) is 27.8 Å². The Kier molecular flexibility index (Phi) is 5.34. The van der Waals surface area contributed by atoms with E-state index in [1.54, 1.807) is 24.3 Å². The van der Waals surface area contributed by atoms with Crippen molar-refractivity contribution in [2.24, 2.45) is 0 Å². The number of aromatic nitrogens is 1. The Bertz CT molecular complexity index is 1210. The Labute approximate surface area is 168 Å². The molecule has 1 aromatic heterocycles. The highest BCUT2D eigenvalue weighted by atomic mass is 32.2. The molecule has 3 rings (SSSR count). The summed E-state index contributed by atoms with van der Waals surface area (Å²) in [6.07, 6.45) is 0. The van der Waals surface area contributed by atoms with Crippen molar-refractivity contribution in [1.29, 1.82) is 0 Å². The molecule has 0 spiro atoms. The summed E-state index contributed by atoms with van der Waals surface area (Å²) in [7, 11) is -2.51. The van der Waals surface area contributed by atoms with Crippen molar-refractivity contribution in [2.75, 3.05) is 11.8 Å². The van der Waals surface area contributed by atoms with Crippen molar-refractivity contribution >= 4 is 38.5 Å². The van der Waals surface area contributed by atoms with Crippen LogP contribution in [0.5, 0.6) is 0 Å². The molecule has 152 valence electrons. The minimum atomic E-state index is -4.03. The van der Waals surface area contributed by atoms with Crippen LogP contribution in [0.3, 0.4) is 0 Å². The van der Waals surface area contributed by atoms with E-state index < -0.39 is 16.0 Å². The maximum absolute atomic E-state index is 13.0. The van der Waals surface area contributed by atoms with E-state index in [1.165, 1.54) is 25.2 Å². The fourth-order valence-corrected chi connectivity index (χ4v) is 4.48. The monoisotopic (exact) mass is 415 g/mol. The van der Waals surface area contributed by atoms with Gasteiger partial charge in [-0.3, -0.25) is 9.52 Å². The Balaban J connectivity index is 2.02. The number of benzene rings is 2. The number of nitrogens with one attached hydrogen (secondary N) is 3. The quantitative estimate of drug-likeness (QED) is 0.492. The van der Waals surface area contributed by atoms with E-state index in [4.69, 9.17) is 0 Å². The van der Waals surface area contributed by atoms with Crippen molar-refractivity contribution in [3.63, 3.8) is 0 Å². The number of carboxylic acid groups (broad SMARTS) is 1. The predicted molar refractivity (Wildman–Crippen MR) is 110 cm³/mol. The molecule has 8 nitrogen and oxygen atoms in total. The molecule has 0 aliphatic rings. The number of carbonyl (C=O) groups is 2. The lowest BCUT2D eigenvalue weighted by Crippen LogP contribution is -2.17. The van der Waals surface area contributed by atoms with E-state index in [1.807, 2.05) is 13.8 Å². The SMILES string of the molecule is CNC(=O)c1cc2cc(NS(=O)(=O)c3cc(C(=O)O)ccc3C(C)C)ccc2[nH]1. The zero-order chi connectivity index (χ0) is 21.3. The van der Waals surface area contributed by atoms with Gasteiger partial charge in [0.15, 0.2) is 0 Å². The zero-order valence-electron chi connectivity index (χ0n) is 16.1. The van der Waals surface area contributed by atoms with Gasteiger partial charge in [-0.05, 0) is 47.9 Å². The number of anilines is 1. The lowest BCUT2D eigenvalue weighted by molar-refractivity contribution is 0.0696. The number of H-pyrrole nitrogens is 1. The molecule has 0 atom stereocenters. The smallest absolute Gasteiger partial charge is 0.335 e. The topological polar surface area (TPSA) is 128 Å². The molecule has 9 heteroatoms. The van der Waals surface area contributed by atoms with Crippen molar-refractivity contribution < 1.29 is 23.1 Å². The largest absolute Gasteiger partial charge is 0.478 e. The molecule has 0 aliphatic carbocycles. The molecule has 1 amide bonds. The third-order valence-electron chi connectivity index (χ3n) is 4.52. The number of carboxylic acids is 1. The van der Waals surface area contributed by atoms with Gasteiger partial charge in [0, 0.05) is 23.6 Å². The highest BCUT2D eigenvalue weighted by Gasteiger charge is 2.22. The van der Waals surface area contributed by atoms with Crippen LogP contribution in [0.1, 0.15) is 46.2 Å². The average Bonchev–Trinajstić information content (AvgIpc) is 3.09. The van der Waals surface area contributed by atoms with Gasteiger partial charge in [-0.1, -0.05) is 19.9 Å². The first-order chi connectivity index (χ1) is 13.6. The van der Waals surface area contributed by atoms with Gasteiger partial charge in [0.05, 0.1) is 10.5 Å². The highest BCUT2D eigenvalue weighted by Crippen LogP contribution is 2.28. The molecule has 0 saturated carbocycles. The van der Waals surface area contributed by atoms with Gasteiger partial charge in [-0.2, -0.15) is 0 Å². The third kappa shape index (κ3) is 4.09. The molecule has 2 aromatic carbocycles. The first kappa shape index (κ1) is 20.4. The van der Waals surface area contributed by atoms with Crippen LogP contribution >= 0.6 is 0 Å². The van der Waals surface area contributed by atoms with Crippen molar-refractivity contribution in [3.05, 3.63) is 59.3 Å². The van der Waals surface area contributed by atoms with E-state index in [-0.39, 0.29) is 22.3 Å². The van der Waals surface area contributed by atoms with Gasteiger partial charge < -0.3 is 15.4 Å². The maximum Gasteiger partial charge on any atom is 0.335 e. The standard InChI is InChI=1S/C20H21N3O5S/c1-11(2)15-6-4-12(20(25)26)10-18(15)29(27,28)23-14-5-7-16-13(8-14)9-17(22-16)19(24)21-3/h4-11,22-23H,1-3H3,(H,21,24)(H,25,26). The van der Waals surface area contributed by atoms with Gasteiger partial charge in [-0.25, -0.2) is 13.2 Å². The minimum Gasteiger partial charge on any atom is -0.478 e. The number of hydrogen-bond acceptors (Lipinski definition) is 4. The Morgan fingerprint density at radius 1 is 1.07 bits per heavy atom. The maximum atomic E-state index is 13.0. The van der Waals surface area contributed by atoms with E-state index in [9.17, 15) is 23.1 Å². The van der Waals surface area contributed by atoms with Crippen LogP contribution in [-0.2, 0) is 10.0 Å². The second-order valence-electron chi connectivity index (χ2n) is 6.88. The summed E-state index contributed by atoms with van der Waals surface area (Å²) < 4.78 is 28.5. The zero-order valence-corrected chi connectivity index (χ0v) is 16.9. The Morgan fingerprint density at radius 2 is 1.79 bits per heavy atom. The molecule has 0 aliphatic heterocycles. The van der Waals surface area contributed by atoms with Crippen molar-refractivity contribution in [3.8, 4) is 0 Å². The van der Waals surface area contributed by atoms with Crippen molar-refractivity contribution in [1.82, 2.24) is 10.3 Å². The molecular formula is C20H21N3O5S. The van der Waals surface area contributed by atoms with Crippen LogP contribution in [0.25, 0.3) is 10.9 Å². The normalized spacial score (nSPS) is 11.6. The highest BCUT2D eigenvalue weighted by molar-refractivity contribution is 7.92. The lowest BCUT2D eigenvalue weighted by atomic mass is 10.0. The van der Waals surface area contributed by atoms with Crippen LogP contribution in [0.2, 0.25) is 0 Å². The third-order valence-corrected chi connectivity index (χ3v) is 5.95. The van der Waals surface area contributed by atoms with Crippen LogP contribution in [0.15, 0.2) is 47.4 Å². The number of sulfonamides is 1. The molecule has 0 bridgehead atoms. The summed E-state index contributed by atoms with van der Waals surface area (Å²) in [5.74, 6) is -1.60. The fraction of sp³-hybridized carbons (Fsp3) is 0.200. The number of fused-ring (bicyclic) bond motifs is 1. The predicted octanol–water partition coefficient (Wildman–Crippen LogP) is 3.15. The van der Waals surface area contributed by atoms with Gasteiger partial charge in [0.1, 0.15) is 5.69 Å². The molecule has 0 saturated heterocycles. The first-order valence-electron chi connectivity index (χ1n) is 8.87. The summed E-state index contributed by atoms with van der Waals surface area (Å²) in [6, 6.07) is 10.5. The molecule has 0 radical (unpaired) electrons. The molecule has 29 heavy (non-hydrogen) atoms. The van der Waals surface area contributed by atoms with Gasteiger partial charge in [0.2, 0.25) is 0 Å². The van der Waals surface area contributed by atoms with Crippen LogP contribution in [-0.4, -0.2) is 37.4 Å². The summed E-state index contributed by atoms with van der Waals surface area (Å²) in [4.78, 5) is 25.9. The molecular weight excluding hydrogens is 394 g/mol. The molecule has 0 unspecified atom stereocenters. The number of amides is 1. The number of aromatic amines is 1. The van der Waals surface area contributed by atoms with E-state index in [2.05, 4.69) is 15.0 Å². The average molecular weight is 415 g/mol. The first-order valence-corrected chi connectivity index (χ1v) is 10.4. The molecule has 1 heterocycles.